The van der Waals surface area contributed by atoms with E-state index in [9.17, 15) is 24.5 Å². The monoisotopic (exact) mass is 384 g/mol. The van der Waals surface area contributed by atoms with Crippen molar-refractivity contribution in [1.82, 2.24) is 10.9 Å². The normalized spacial score (nSPS) is 10.0. The van der Waals surface area contributed by atoms with Gasteiger partial charge in [0.25, 0.3) is 17.5 Å². The summed E-state index contributed by atoms with van der Waals surface area (Å²) in [6.45, 7) is 2.00. The number of hydrazine groups is 1. The molecule has 0 unspecified atom stereocenters. The molecule has 0 heterocycles. The highest BCUT2D eigenvalue weighted by molar-refractivity contribution is 5.99. The molecule has 2 rings (SSSR count). The number of amides is 3. The first-order valence-corrected chi connectivity index (χ1v) is 8.65. The number of nitro benzene ring substituents is 1. The van der Waals surface area contributed by atoms with Crippen LogP contribution in [0.4, 0.5) is 11.4 Å². The number of anilines is 1. The van der Waals surface area contributed by atoms with E-state index in [1.54, 1.807) is 12.1 Å². The van der Waals surface area contributed by atoms with E-state index in [1.165, 1.54) is 30.3 Å². The van der Waals surface area contributed by atoms with Crippen molar-refractivity contribution in [2.24, 2.45) is 0 Å². The van der Waals surface area contributed by atoms with Crippen LogP contribution >= 0.6 is 0 Å². The van der Waals surface area contributed by atoms with Crippen molar-refractivity contribution >= 4 is 29.1 Å². The summed E-state index contributed by atoms with van der Waals surface area (Å²) in [7, 11) is 0. The fraction of sp³-hybridized carbons (Fsp3) is 0.211. The second-order valence-electron chi connectivity index (χ2n) is 5.94. The summed E-state index contributed by atoms with van der Waals surface area (Å²) in [5, 5.41) is 13.5. The van der Waals surface area contributed by atoms with Crippen molar-refractivity contribution in [3.63, 3.8) is 0 Å². The minimum absolute atomic E-state index is 0.0413. The molecule has 2 aromatic carbocycles. The Morgan fingerprint density at radius 3 is 2.21 bits per heavy atom. The van der Waals surface area contributed by atoms with Gasteiger partial charge in [-0.2, -0.15) is 0 Å². The van der Waals surface area contributed by atoms with E-state index < -0.39 is 16.7 Å². The van der Waals surface area contributed by atoms with Crippen LogP contribution in [0.2, 0.25) is 0 Å². The van der Waals surface area contributed by atoms with E-state index in [-0.39, 0.29) is 22.7 Å². The third-order valence-electron chi connectivity index (χ3n) is 3.80. The molecular formula is C19H20N4O5. The average Bonchev–Trinajstić information content (AvgIpc) is 2.70. The zero-order valence-electron chi connectivity index (χ0n) is 15.2. The van der Waals surface area contributed by atoms with Crippen LogP contribution in [-0.4, -0.2) is 22.6 Å². The molecule has 0 fully saturated rings. The number of hydrogen-bond acceptors (Lipinski definition) is 5. The molecule has 2 aromatic rings. The van der Waals surface area contributed by atoms with Gasteiger partial charge in [0.1, 0.15) is 0 Å². The van der Waals surface area contributed by atoms with E-state index in [0.29, 0.717) is 12.1 Å². The molecule has 3 N–H and O–H groups in total. The molecule has 0 radical (unpaired) electrons. The zero-order valence-corrected chi connectivity index (χ0v) is 15.2. The molecule has 0 aromatic heterocycles. The van der Waals surface area contributed by atoms with Gasteiger partial charge in [-0.3, -0.25) is 35.3 Å². The van der Waals surface area contributed by atoms with E-state index in [1.807, 2.05) is 6.92 Å². The molecular weight excluding hydrogens is 364 g/mol. The molecule has 0 aliphatic carbocycles. The Hall–Kier alpha value is -3.75. The number of non-ortho nitro benzene ring substituents is 1. The van der Waals surface area contributed by atoms with Gasteiger partial charge < -0.3 is 5.32 Å². The van der Waals surface area contributed by atoms with Crippen molar-refractivity contribution < 1.29 is 19.3 Å². The van der Waals surface area contributed by atoms with Gasteiger partial charge in [-0.05, 0) is 36.8 Å². The van der Waals surface area contributed by atoms with Gasteiger partial charge >= 0.3 is 0 Å². The average molecular weight is 384 g/mol. The topological polar surface area (TPSA) is 130 Å². The summed E-state index contributed by atoms with van der Waals surface area (Å²) < 4.78 is 0. The van der Waals surface area contributed by atoms with Crippen molar-refractivity contribution in [2.45, 2.75) is 26.2 Å². The van der Waals surface area contributed by atoms with E-state index in [2.05, 4.69) is 16.2 Å². The quantitative estimate of drug-likeness (QED) is 0.499. The molecule has 9 nitrogen and oxygen atoms in total. The standard InChI is InChI=1S/C19H20N4O5/c1-2-3-7-17(24)20-15-10-8-13(9-11-15)18(25)21-22-19(26)14-5-4-6-16(12-14)23(27)28/h4-6,8-12H,2-3,7H2,1H3,(H,20,24)(H,21,25)(H,22,26). The maximum absolute atomic E-state index is 12.1. The Labute approximate surface area is 161 Å². The highest BCUT2D eigenvalue weighted by Crippen LogP contribution is 2.13. The highest BCUT2D eigenvalue weighted by Gasteiger charge is 2.13. The summed E-state index contributed by atoms with van der Waals surface area (Å²) in [5.74, 6) is -1.34. The molecule has 0 aliphatic heterocycles. The van der Waals surface area contributed by atoms with Crippen molar-refractivity contribution in [1.29, 1.82) is 0 Å². The van der Waals surface area contributed by atoms with Gasteiger partial charge in [0.15, 0.2) is 0 Å². The highest BCUT2D eigenvalue weighted by atomic mass is 16.6. The second kappa shape index (κ2) is 9.81. The number of nitrogens with one attached hydrogen (secondary N) is 3. The molecule has 0 saturated heterocycles. The van der Waals surface area contributed by atoms with E-state index in [4.69, 9.17) is 0 Å². The maximum Gasteiger partial charge on any atom is 0.270 e. The molecule has 3 amide bonds. The maximum atomic E-state index is 12.1. The number of carbonyl (C=O) groups is 3. The molecule has 28 heavy (non-hydrogen) atoms. The third-order valence-corrected chi connectivity index (χ3v) is 3.80. The molecule has 0 saturated carbocycles. The van der Waals surface area contributed by atoms with E-state index in [0.717, 1.165) is 18.9 Å². The first-order valence-electron chi connectivity index (χ1n) is 8.65. The van der Waals surface area contributed by atoms with Gasteiger partial charge in [0.05, 0.1) is 4.92 Å². The summed E-state index contributed by atoms with van der Waals surface area (Å²) in [4.78, 5) is 46.0. The van der Waals surface area contributed by atoms with Crippen LogP contribution in [0.1, 0.15) is 46.9 Å². The number of benzene rings is 2. The van der Waals surface area contributed by atoms with E-state index >= 15 is 0 Å². The molecule has 0 atom stereocenters. The summed E-state index contributed by atoms with van der Waals surface area (Å²) in [6, 6.07) is 11.3. The number of unbranched alkanes of at least 4 members (excludes halogenated alkanes) is 1. The molecule has 0 spiro atoms. The fourth-order valence-corrected chi connectivity index (χ4v) is 2.28. The smallest absolute Gasteiger partial charge is 0.270 e. The van der Waals surface area contributed by atoms with Crippen LogP contribution < -0.4 is 16.2 Å². The van der Waals surface area contributed by atoms with Gasteiger partial charge in [-0.15, -0.1) is 0 Å². The second-order valence-corrected chi connectivity index (χ2v) is 5.94. The number of nitrogens with zero attached hydrogens (tertiary/aromatic N) is 1. The summed E-state index contributed by atoms with van der Waals surface area (Å²) in [6.07, 6.45) is 2.16. The van der Waals surface area contributed by atoms with Crippen LogP contribution in [0.25, 0.3) is 0 Å². The summed E-state index contributed by atoms with van der Waals surface area (Å²) >= 11 is 0. The Bertz CT molecular complexity index is 880. The predicted molar refractivity (Wildman–Crippen MR) is 103 cm³/mol. The van der Waals surface area contributed by atoms with Crippen LogP contribution in [0.3, 0.4) is 0 Å². The fourth-order valence-electron chi connectivity index (χ4n) is 2.28. The largest absolute Gasteiger partial charge is 0.326 e. The minimum atomic E-state index is -0.683. The third kappa shape index (κ3) is 5.90. The lowest BCUT2D eigenvalue weighted by Crippen LogP contribution is -2.41. The summed E-state index contributed by atoms with van der Waals surface area (Å²) in [5.41, 5.74) is 5.09. The lowest BCUT2D eigenvalue weighted by Gasteiger charge is -2.09. The van der Waals surface area contributed by atoms with Crippen LogP contribution in [0.15, 0.2) is 48.5 Å². The lowest BCUT2D eigenvalue weighted by molar-refractivity contribution is -0.384. The van der Waals surface area contributed by atoms with Gasteiger partial charge in [0.2, 0.25) is 5.91 Å². The zero-order chi connectivity index (χ0) is 20.5. The Morgan fingerprint density at radius 2 is 1.61 bits per heavy atom. The van der Waals surface area contributed by atoms with Gasteiger partial charge in [0, 0.05) is 35.4 Å². The van der Waals surface area contributed by atoms with Gasteiger partial charge in [-0.25, -0.2) is 0 Å². The SMILES string of the molecule is CCCCC(=O)Nc1ccc(C(=O)NNC(=O)c2cccc([N+](=O)[O-])c2)cc1. The Morgan fingerprint density at radius 1 is 0.964 bits per heavy atom. The first-order chi connectivity index (χ1) is 13.4. The van der Waals surface area contributed by atoms with Gasteiger partial charge in [-0.1, -0.05) is 19.4 Å². The molecule has 9 heteroatoms. The minimum Gasteiger partial charge on any atom is -0.326 e. The van der Waals surface area contributed by atoms with Crippen LogP contribution in [0, 0.1) is 10.1 Å². The number of rotatable bonds is 7. The molecule has 146 valence electrons. The molecule has 0 aliphatic rings. The van der Waals surface area contributed by atoms with Crippen molar-refractivity contribution in [2.75, 3.05) is 5.32 Å². The lowest BCUT2D eigenvalue weighted by atomic mass is 10.2. The first kappa shape index (κ1) is 20.6. The molecule has 0 bridgehead atoms. The van der Waals surface area contributed by atoms with Crippen molar-refractivity contribution in [3.8, 4) is 0 Å². The predicted octanol–water partition coefficient (Wildman–Crippen LogP) is 2.80. The van der Waals surface area contributed by atoms with Crippen LogP contribution in [0.5, 0.6) is 0 Å². The van der Waals surface area contributed by atoms with Crippen LogP contribution in [-0.2, 0) is 4.79 Å². The Balaban J connectivity index is 1.90. The Kier molecular flexibility index (Phi) is 7.21. The van der Waals surface area contributed by atoms with Crippen molar-refractivity contribution in [3.05, 3.63) is 69.8 Å². The number of nitro groups is 1. The number of hydrogen-bond donors (Lipinski definition) is 3. The number of carbonyl (C=O) groups excluding carboxylic acids is 3.